The van der Waals surface area contributed by atoms with E-state index in [1.807, 2.05) is 13.0 Å². The van der Waals surface area contributed by atoms with Gasteiger partial charge in [0.25, 0.3) is 5.91 Å². The molecule has 1 amide bonds. The van der Waals surface area contributed by atoms with Gasteiger partial charge in [-0.2, -0.15) is 0 Å². The molecule has 0 spiro atoms. The number of methoxy groups -OCH3 is 2. The summed E-state index contributed by atoms with van der Waals surface area (Å²) in [7, 11) is 3.10. The van der Waals surface area contributed by atoms with Crippen molar-refractivity contribution in [1.82, 2.24) is 14.9 Å². The van der Waals surface area contributed by atoms with E-state index in [2.05, 4.69) is 9.97 Å². The lowest BCUT2D eigenvalue weighted by Gasteiger charge is -2.18. The SMILES string of the molecule is CCCC(=O)c1ccc(Cc2cc(-c3c(F)cccc3F)nc3c2C(=O)N(Cc2ccc(OC)cc2OC)C3)cn1. The van der Waals surface area contributed by atoms with Crippen molar-refractivity contribution < 1.29 is 27.8 Å². The molecular weight excluding hydrogens is 528 g/mol. The number of ether oxygens (including phenoxy) is 2. The summed E-state index contributed by atoms with van der Waals surface area (Å²) in [4.78, 5) is 36.5. The minimum atomic E-state index is -0.743. The zero-order valence-corrected chi connectivity index (χ0v) is 23.0. The van der Waals surface area contributed by atoms with Crippen LogP contribution in [0.5, 0.6) is 11.5 Å². The Kier molecular flexibility index (Phi) is 8.05. The zero-order valence-electron chi connectivity index (χ0n) is 23.0. The van der Waals surface area contributed by atoms with Crippen molar-refractivity contribution in [1.29, 1.82) is 0 Å². The Bertz CT molecular complexity index is 1600. The third kappa shape index (κ3) is 5.66. The Hall–Kier alpha value is -4.66. The summed E-state index contributed by atoms with van der Waals surface area (Å²) in [5, 5.41) is 0. The molecular formula is C32H29F2N3O4. The van der Waals surface area contributed by atoms with Crippen LogP contribution in [0.15, 0.2) is 60.8 Å². The maximum atomic E-state index is 14.8. The minimum absolute atomic E-state index is 0.0408. The van der Waals surface area contributed by atoms with Crippen LogP contribution in [0.4, 0.5) is 8.78 Å². The number of ketones is 1. The number of aromatic nitrogens is 2. The molecule has 41 heavy (non-hydrogen) atoms. The van der Waals surface area contributed by atoms with Crippen LogP contribution < -0.4 is 9.47 Å². The minimum Gasteiger partial charge on any atom is -0.497 e. The summed E-state index contributed by atoms with van der Waals surface area (Å²) in [5.41, 5.74) is 3.13. The summed E-state index contributed by atoms with van der Waals surface area (Å²) in [6, 6.07) is 14.0. The number of hydrogen-bond acceptors (Lipinski definition) is 6. The van der Waals surface area contributed by atoms with E-state index in [-0.39, 0.29) is 42.5 Å². The van der Waals surface area contributed by atoms with Gasteiger partial charge in [0.15, 0.2) is 5.78 Å². The second kappa shape index (κ2) is 11.8. The second-order valence-corrected chi connectivity index (χ2v) is 9.83. The molecule has 9 heteroatoms. The van der Waals surface area contributed by atoms with Crippen LogP contribution in [-0.4, -0.2) is 40.8 Å². The number of pyridine rings is 2. The number of hydrogen-bond donors (Lipinski definition) is 0. The Morgan fingerprint density at radius 3 is 2.41 bits per heavy atom. The Morgan fingerprint density at radius 1 is 0.976 bits per heavy atom. The number of carbonyl (C=O) groups excluding carboxylic acids is 2. The molecule has 0 saturated heterocycles. The maximum Gasteiger partial charge on any atom is 0.256 e. The highest BCUT2D eigenvalue weighted by Crippen LogP contribution is 2.34. The lowest BCUT2D eigenvalue weighted by molar-refractivity contribution is 0.0764. The van der Waals surface area contributed by atoms with Gasteiger partial charge < -0.3 is 14.4 Å². The maximum absolute atomic E-state index is 14.8. The molecule has 2 aromatic carbocycles. The van der Waals surface area contributed by atoms with Crippen LogP contribution in [0, 0.1) is 11.6 Å². The van der Waals surface area contributed by atoms with Crippen LogP contribution in [0.2, 0.25) is 0 Å². The first-order chi connectivity index (χ1) is 19.8. The average Bonchev–Trinajstić information content (AvgIpc) is 3.28. The molecule has 210 valence electrons. The molecule has 1 aliphatic heterocycles. The number of Topliss-reactive ketones (excluding diaryl/α,β-unsaturated/α-hetero) is 1. The molecule has 1 aliphatic rings. The molecule has 2 aromatic heterocycles. The molecule has 0 bridgehead atoms. The summed E-state index contributed by atoms with van der Waals surface area (Å²) in [5.74, 6) is -0.581. The fourth-order valence-electron chi connectivity index (χ4n) is 5.04. The largest absolute Gasteiger partial charge is 0.497 e. The Balaban J connectivity index is 1.53. The standard InChI is InChI=1S/C32H29F2N3O4/c1-4-6-28(38)25-12-9-19(16-35-25)13-21-14-26(31-23(33)7-5-8-24(31)34)36-27-18-37(32(39)30(21)27)17-20-10-11-22(40-2)15-29(20)41-3/h5,7-12,14-16H,4,6,13,17-18H2,1-3H3. The number of benzene rings is 2. The lowest BCUT2D eigenvalue weighted by atomic mass is 9.97. The van der Waals surface area contributed by atoms with E-state index >= 15 is 0 Å². The molecule has 5 rings (SSSR count). The van der Waals surface area contributed by atoms with Gasteiger partial charge in [-0.1, -0.05) is 19.1 Å². The predicted octanol–water partition coefficient (Wildman–Crippen LogP) is 6.17. The van der Waals surface area contributed by atoms with Crippen LogP contribution in [0.3, 0.4) is 0 Å². The van der Waals surface area contributed by atoms with Gasteiger partial charge in [-0.05, 0) is 60.4 Å². The first kappa shape index (κ1) is 27.9. The summed E-state index contributed by atoms with van der Waals surface area (Å²) in [6.45, 7) is 2.32. The molecule has 0 saturated carbocycles. The second-order valence-electron chi connectivity index (χ2n) is 9.83. The molecule has 0 aliphatic carbocycles. The monoisotopic (exact) mass is 557 g/mol. The molecule has 7 nitrogen and oxygen atoms in total. The van der Waals surface area contributed by atoms with Gasteiger partial charge in [-0.15, -0.1) is 0 Å². The lowest BCUT2D eigenvalue weighted by Crippen LogP contribution is -2.24. The highest BCUT2D eigenvalue weighted by Gasteiger charge is 2.33. The first-order valence-corrected chi connectivity index (χ1v) is 13.3. The number of nitrogens with zero attached hydrogens (tertiary/aromatic N) is 3. The summed E-state index contributed by atoms with van der Waals surface area (Å²) < 4.78 is 40.4. The van der Waals surface area contributed by atoms with Crippen LogP contribution >= 0.6 is 0 Å². The Morgan fingerprint density at radius 2 is 1.76 bits per heavy atom. The zero-order chi connectivity index (χ0) is 29.1. The molecule has 0 radical (unpaired) electrons. The van der Waals surface area contributed by atoms with Gasteiger partial charge in [0.1, 0.15) is 28.8 Å². The summed E-state index contributed by atoms with van der Waals surface area (Å²) >= 11 is 0. The number of amides is 1. The van der Waals surface area contributed by atoms with E-state index in [9.17, 15) is 18.4 Å². The van der Waals surface area contributed by atoms with Crippen molar-refractivity contribution in [2.45, 2.75) is 39.3 Å². The fourth-order valence-corrected chi connectivity index (χ4v) is 5.04. The number of halogens is 2. The Labute approximate surface area is 236 Å². The van der Waals surface area contributed by atoms with Gasteiger partial charge in [-0.3, -0.25) is 14.6 Å². The third-order valence-electron chi connectivity index (χ3n) is 7.07. The van der Waals surface area contributed by atoms with Gasteiger partial charge in [0, 0.05) is 24.2 Å². The number of carbonyl (C=O) groups is 2. The van der Waals surface area contributed by atoms with Crippen molar-refractivity contribution in [3.8, 4) is 22.8 Å². The number of fused-ring (bicyclic) bond motifs is 1. The van der Waals surface area contributed by atoms with E-state index in [0.29, 0.717) is 40.4 Å². The van der Waals surface area contributed by atoms with Crippen molar-refractivity contribution in [2.75, 3.05) is 14.2 Å². The predicted molar refractivity (Wildman–Crippen MR) is 149 cm³/mol. The van der Waals surface area contributed by atoms with Gasteiger partial charge >= 0.3 is 0 Å². The van der Waals surface area contributed by atoms with E-state index in [4.69, 9.17) is 9.47 Å². The molecule has 4 aromatic rings. The van der Waals surface area contributed by atoms with Crippen molar-refractivity contribution in [2.24, 2.45) is 0 Å². The van der Waals surface area contributed by atoms with E-state index in [0.717, 1.165) is 17.5 Å². The van der Waals surface area contributed by atoms with E-state index in [1.54, 1.807) is 55.6 Å². The van der Waals surface area contributed by atoms with E-state index in [1.165, 1.54) is 18.2 Å². The van der Waals surface area contributed by atoms with Crippen LogP contribution in [0.25, 0.3) is 11.3 Å². The van der Waals surface area contributed by atoms with Crippen LogP contribution in [-0.2, 0) is 19.5 Å². The molecule has 3 heterocycles. The van der Waals surface area contributed by atoms with Gasteiger partial charge in [0.2, 0.25) is 0 Å². The highest BCUT2D eigenvalue weighted by atomic mass is 19.1. The molecule has 0 N–H and O–H groups in total. The van der Waals surface area contributed by atoms with Crippen molar-refractivity contribution >= 4 is 11.7 Å². The normalized spacial score (nSPS) is 12.4. The quantitative estimate of drug-likeness (QED) is 0.217. The first-order valence-electron chi connectivity index (χ1n) is 13.3. The molecule has 0 atom stereocenters. The average molecular weight is 558 g/mol. The molecule has 0 fully saturated rings. The smallest absolute Gasteiger partial charge is 0.256 e. The van der Waals surface area contributed by atoms with Gasteiger partial charge in [0.05, 0.1) is 49.8 Å². The van der Waals surface area contributed by atoms with E-state index < -0.39 is 11.6 Å². The fraction of sp³-hybridized carbons (Fsp3) is 0.250. The van der Waals surface area contributed by atoms with Crippen molar-refractivity contribution in [3.05, 3.63) is 106 Å². The highest BCUT2D eigenvalue weighted by molar-refractivity contribution is 6.00. The number of rotatable bonds is 10. The molecule has 0 unspecified atom stereocenters. The van der Waals surface area contributed by atoms with Crippen molar-refractivity contribution in [3.63, 3.8) is 0 Å². The van der Waals surface area contributed by atoms with Gasteiger partial charge in [-0.25, -0.2) is 13.8 Å². The topological polar surface area (TPSA) is 81.6 Å². The summed E-state index contributed by atoms with van der Waals surface area (Å²) in [6.07, 6.45) is 2.99. The third-order valence-corrected chi connectivity index (χ3v) is 7.07. The van der Waals surface area contributed by atoms with Crippen LogP contribution in [0.1, 0.15) is 63.0 Å².